The van der Waals surface area contributed by atoms with Crippen LogP contribution in [0, 0.1) is 23.7 Å². The van der Waals surface area contributed by atoms with E-state index in [0.29, 0.717) is 35.3 Å². The lowest BCUT2D eigenvalue weighted by atomic mass is 9.52. The van der Waals surface area contributed by atoms with Gasteiger partial charge in [-0.3, -0.25) is 33.7 Å². The second kappa shape index (κ2) is 11.3. The molecular weight excluding hydrogens is 568 g/mol. The smallest absolute Gasteiger partial charge is 0.251 e. The van der Waals surface area contributed by atoms with Gasteiger partial charge in [-0.25, -0.2) is 0 Å². The average Bonchev–Trinajstić information content (AvgIpc) is 2.94. The summed E-state index contributed by atoms with van der Waals surface area (Å²) < 4.78 is 0. The zero-order valence-electron chi connectivity index (χ0n) is 25.0. The minimum Gasteiger partial charge on any atom is -0.507 e. The van der Waals surface area contributed by atoms with Crippen LogP contribution in [0.3, 0.4) is 0 Å². The topological polar surface area (TPSA) is 187 Å². The van der Waals surface area contributed by atoms with Crippen molar-refractivity contribution in [2.75, 3.05) is 41.3 Å². The molecule has 3 aliphatic rings. The van der Waals surface area contributed by atoms with Crippen LogP contribution in [0.15, 0.2) is 36.4 Å². The van der Waals surface area contributed by atoms with Gasteiger partial charge in [-0.1, -0.05) is 18.2 Å². The van der Waals surface area contributed by atoms with Crippen molar-refractivity contribution in [2.24, 2.45) is 29.4 Å². The van der Waals surface area contributed by atoms with Gasteiger partial charge in [-0.2, -0.15) is 0 Å². The summed E-state index contributed by atoms with van der Waals surface area (Å²) in [6, 6.07) is 8.62. The van der Waals surface area contributed by atoms with E-state index in [-0.39, 0.29) is 30.1 Å². The molecule has 5 rings (SSSR count). The van der Waals surface area contributed by atoms with E-state index < -0.39 is 64.4 Å². The number of amides is 2. The number of likely N-dealkylation sites (N-methyl/N-ethyl adjacent to an activating group) is 2. The molecule has 3 aliphatic carbocycles. The summed E-state index contributed by atoms with van der Waals surface area (Å²) in [5.74, 6) is -11.2. The molecule has 0 saturated heterocycles. The van der Waals surface area contributed by atoms with E-state index >= 15 is 0 Å². The number of carbonyl (C=O) groups is 6. The minimum absolute atomic E-state index is 0.0367. The van der Waals surface area contributed by atoms with Crippen molar-refractivity contribution in [1.29, 1.82) is 0 Å². The number of fused-ring (bicyclic) bond motifs is 3. The van der Waals surface area contributed by atoms with Crippen LogP contribution in [0.5, 0.6) is 5.75 Å². The Hall–Kier alpha value is -4.26. The SMILES string of the molecule is CN(C)CCNC(=O)c1ccc(-c2ccc(O)c3c2C[C@H]2C[C@H]4[C@H](N(C)C)C(=O)C(C(N)=O)C(=O)[C@@]4(O)C(=O)C2C3=O)cc1. The molecule has 0 spiro atoms. The van der Waals surface area contributed by atoms with Gasteiger partial charge in [0.25, 0.3) is 5.91 Å². The van der Waals surface area contributed by atoms with Gasteiger partial charge in [-0.05, 0) is 81.8 Å². The molecule has 5 N–H and O–H groups in total. The van der Waals surface area contributed by atoms with Crippen LogP contribution in [0.2, 0.25) is 0 Å². The third-order valence-electron chi connectivity index (χ3n) is 9.25. The second-order valence-corrected chi connectivity index (χ2v) is 12.4. The molecule has 12 heteroatoms. The molecule has 0 radical (unpaired) electrons. The normalized spacial score (nSPS) is 28.0. The van der Waals surface area contributed by atoms with Gasteiger partial charge in [0.2, 0.25) is 5.91 Å². The van der Waals surface area contributed by atoms with E-state index in [4.69, 9.17) is 5.73 Å². The highest BCUT2D eigenvalue weighted by Crippen LogP contribution is 2.51. The predicted octanol–water partition coefficient (Wildman–Crippen LogP) is -0.175. The maximum atomic E-state index is 14.0. The third-order valence-corrected chi connectivity index (χ3v) is 9.25. The Labute approximate surface area is 254 Å². The van der Waals surface area contributed by atoms with Gasteiger partial charge in [0.15, 0.2) is 34.7 Å². The molecule has 2 saturated carbocycles. The van der Waals surface area contributed by atoms with E-state index in [2.05, 4.69) is 5.32 Å². The lowest BCUT2D eigenvalue weighted by molar-refractivity contribution is -0.181. The fraction of sp³-hybridized carbons (Fsp3) is 0.438. The van der Waals surface area contributed by atoms with Gasteiger partial charge in [-0.15, -0.1) is 0 Å². The number of ketones is 4. The number of Topliss-reactive ketones (excluding diaryl/α,β-unsaturated/α-hetero) is 4. The van der Waals surface area contributed by atoms with Gasteiger partial charge < -0.3 is 26.2 Å². The van der Waals surface area contributed by atoms with Crippen molar-refractivity contribution in [1.82, 2.24) is 15.1 Å². The Morgan fingerprint density at radius 3 is 2.25 bits per heavy atom. The summed E-state index contributed by atoms with van der Waals surface area (Å²) in [5.41, 5.74) is 4.74. The number of aromatic hydroxyl groups is 1. The Bertz CT molecular complexity index is 1580. The largest absolute Gasteiger partial charge is 0.507 e. The van der Waals surface area contributed by atoms with Crippen LogP contribution in [0.1, 0.15) is 32.7 Å². The lowest BCUT2D eigenvalue weighted by Gasteiger charge is -2.52. The molecule has 0 heterocycles. The molecule has 0 bridgehead atoms. The number of aliphatic hydroxyl groups is 1. The number of benzene rings is 2. The molecule has 0 aromatic heterocycles. The van der Waals surface area contributed by atoms with Crippen molar-refractivity contribution >= 4 is 34.9 Å². The molecule has 2 amide bonds. The number of hydrogen-bond acceptors (Lipinski definition) is 10. The Morgan fingerprint density at radius 1 is 1.00 bits per heavy atom. The van der Waals surface area contributed by atoms with Crippen LogP contribution in [-0.4, -0.2) is 108 Å². The molecule has 12 nitrogen and oxygen atoms in total. The minimum atomic E-state index is -2.77. The summed E-state index contributed by atoms with van der Waals surface area (Å²) in [6.45, 7) is 1.16. The fourth-order valence-corrected chi connectivity index (χ4v) is 7.17. The van der Waals surface area contributed by atoms with Crippen LogP contribution in [0.4, 0.5) is 0 Å². The first-order chi connectivity index (χ1) is 20.7. The first-order valence-electron chi connectivity index (χ1n) is 14.4. The van der Waals surface area contributed by atoms with E-state index in [1.807, 2.05) is 19.0 Å². The first kappa shape index (κ1) is 31.2. The molecule has 2 aromatic carbocycles. The number of rotatable bonds is 7. The summed E-state index contributed by atoms with van der Waals surface area (Å²) in [5, 5.41) is 25.4. The van der Waals surface area contributed by atoms with Crippen molar-refractivity contribution in [2.45, 2.75) is 24.5 Å². The monoisotopic (exact) mass is 604 g/mol. The van der Waals surface area contributed by atoms with E-state index in [1.165, 1.54) is 25.1 Å². The highest BCUT2D eigenvalue weighted by molar-refractivity contribution is 6.32. The molecular formula is C32H36N4O8. The molecule has 2 unspecified atom stereocenters. The lowest BCUT2D eigenvalue weighted by Crippen LogP contribution is -2.74. The quantitative estimate of drug-likeness (QED) is 0.309. The van der Waals surface area contributed by atoms with Crippen LogP contribution >= 0.6 is 0 Å². The maximum Gasteiger partial charge on any atom is 0.251 e. The first-order valence-corrected chi connectivity index (χ1v) is 14.4. The molecule has 232 valence electrons. The van der Waals surface area contributed by atoms with Crippen LogP contribution < -0.4 is 11.1 Å². The second-order valence-electron chi connectivity index (χ2n) is 12.4. The van der Waals surface area contributed by atoms with Gasteiger partial charge in [0, 0.05) is 24.6 Å². The van der Waals surface area contributed by atoms with Gasteiger partial charge in [0.1, 0.15) is 5.75 Å². The Kier molecular flexibility index (Phi) is 8.04. The van der Waals surface area contributed by atoms with Gasteiger partial charge in [0.05, 0.1) is 17.5 Å². The molecule has 0 aliphatic heterocycles. The number of phenolic OH excluding ortho intramolecular Hbond substituents is 1. The number of nitrogens with one attached hydrogen (secondary N) is 1. The molecule has 6 atom stereocenters. The Balaban J connectivity index is 1.52. The van der Waals surface area contributed by atoms with Crippen molar-refractivity contribution in [3.8, 4) is 16.9 Å². The number of primary amides is 1. The average molecular weight is 605 g/mol. The van der Waals surface area contributed by atoms with Crippen molar-refractivity contribution in [3.05, 3.63) is 53.1 Å². The summed E-state index contributed by atoms with van der Waals surface area (Å²) in [6.07, 6.45) is 0.105. The molecule has 44 heavy (non-hydrogen) atoms. The fourth-order valence-electron chi connectivity index (χ4n) is 7.17. The van der Waals surface area contributed by atoms with Crippen molar-refractivity contribution < 1.29 is 39.0 Å². The summed E-state index contributed by atoms with van der Waals surface area (Å²) in [4.78, 5) is 82.7. The summed E-state index contributed by atoms with van der Waals surface area (Å²) >= 11 is 0. The van der Waals surface area contributed by atoms with Crippen molar-refractivity contribution in [3.63, 3.8) is 0 Å². The Morgan fingerprint density at radius 2 is 1.66 bits per heavy atom. The standard InChI is InChI=1S/C32H36N4O8/c1-35(2)12-11-34-31(43)16-7-5-15(6-8-16)18-9-10-21(37)23-19(18)13-17-14-20-25(36(3)4)27(39)24(30(33)42)29(41)32(20,44)28(40)22(17)26(23)38/h5-10,17,20,22,24-25,37,44H,11-14H2,1-4H3,(H2,33,42)(H,34,43)/t17-,20-,22?,24?,25-,32-/m0/s1. The predicted molar refractivity (Wildman–Crippen MR) is 158 cm³/mol. The van der Waals surface area contributed by atoms with Crippen LogP contribution in [-0.2, 0) is 25.6 Å². The van der Waals surface area contributed by atoms with Gasteiger partial charge >= 0.3 is 0 Å². The van der Waals surface area contributed by atoms with E-state index in [0.717, 1.165) is 0 Å². The molecule has 2 fully saturated rings. The highest BCUT2D eigenvalue weighted by Gasteiger charge is 2.69. The zero-order chi connectivity index (χ0) is 32.2. The number of nitrogens with zero attached hydrogens (tertiary/aromatic N) is 2. The maximum absolute atomic E-state index is 14.0. The van der Waals surface area contributed by atoms with E-state index in [1.54, 1.807) is 30.3 Å². The number of hydrogen-bond donors (Lipinski definition) is 4. The third kappa shape index (κ3) is 4.83. The molecule has 2 aromatic rings. The highest BCUT2D eigenvalue weighted by atomic mass is 16.3. The zero-order valence-corrected chi connectivity index (χ0v) is 25.0. The van der Waals surface area contributed by atoms with Crippen LogP contribution in [0.25, 0.3) is 11.1 Å². The van der Waals surface area contributed by atoms with E-state index in [9.17, 15) is 39.0 Å². The number of phenols is 1. The summed E-state index contributed by atoms with van der Waals surface area (Å²) in [7, 11) is 6.89. The number of nitrogens with two attached hydrogens (primary N) is 1. The number of carbonyl (C=O) groups excluding carboxylic acids is 6.